The van der Waals surface area contributed by atoms with Crippen LogP contribution in [0.25, 0.3) is 0 Å². The lowest BCUT2D eigenvalue weighted by Gasteiger charge is -1.96. The summed E-state index contributed by atoms with van der Waals surface area (Å²) < 4.78 is 0. The van der Waals surface area contributed by atoms with Crippen molar-refractivity contribution < 1.29 is 34.5 Å². The van der Waals surface area contributed by atoms with Gasteiger partial charge < -0.3 is 15.3 Å². The Morgan fingerprint density at radius 2 is 1.43 bits per heavy atom. The van der Waals surface area contributed by atoms with Crippen LogP contribution in [0.1, 0.15) is 6.42 Å². The number of carboxylic acids is 3. The number of carbonyl (C=O) groups is 4. The average molecular weight is 202 g/mol. The summed E-state index contributed by atoms with van der Waals surface area (Å²) in [5, 5.41) is 24.7. The molecule has 0 atom stereocenters. The third-order valence-electron chi connectivity index (χ3n) is 1.16. The second-order valence-electron chi connectivity index (χ2n) is 2.22. The Labute approximate surface area is 77.3 Å². The Hall–Kier alpha value is -2.18. The second kappa shape index (κ2) is 4.75. The minimum Gasteiger partial charge on any atom is -0.478 e. The molecule has 0 fully saturated rings. The van der Waals surface area contributed by atoms with Gasteiger partial charge in [-0.25, -0.2) is 14.4 Å². The molecule has 0 heterocycles. The summed E-state index contributed by atoms with van der Waals surface area (Å²) >= 11 is 0. The third kappa shape index (κ3) is 4.00. The molecule has 7 nitrogen and oxygen atoms in total. The summed E-state index contributed by atoms with van der Waals surface area (Å²) in [7, 11) is 0. The van der Waals surface area contributed by atoms with Gasteiger partial charge in [0, 0.05) is 6.08 Å². The second-order valence-corrected chi connectivity index (χ2v) is 2.22. The molecule has 0 bridgehead atoms. The van der Waals surface area contributed by atoms with Crippen molar-refractivity contribution in [1.82, 2.24) is 0 Å². The molecule has 0 aliphatic rings. The molecule has 0 spiro atoms. The van der Waals surface area contributed by atoms with Crippen molar-refractivity contribution in [3.8, 4) is 0 Å². The van der Waals surface area contributed by atoms with Gasteiger partial charge in [0.15, 0.2) is 0 Å². The van der Waals surface area contributed by atoms with E-state index in [2.05, 4.69) is 0 Å². The van der Waals surface area contributed by atoms with E-state index in [1.54, 1.807) is 0 Å². The fraction of sp³-hybridized carbons (Fsp3) is 0.143. The summed E-state index contributed by atoms with van der Waals surface area (Å²) in [5.41, 5.74) is -0.773. The zero-order valence-corrected chi connectivity index (χ0v) is 6.76. The highest BCUT2D eigenvalue weighted by Crippen LogP contribution is 2.02. The van der Waals surface area contributed by atoms with Crippen molar-refractivity contribution >= 4 is 23.7 Å². The van der Waals surface area contributed by atoms with E-state index in [1.165, 1.54) is 0 Å². The van der Waals surface area contributed by atoms with Crippen LogP contribution < -0.4 is 0 Å². The van der Waals surface area contributed by atoms with Crippen molar-refractivity contribution in [2.75, 3.05) is 0 Å². The zero-order valence-electron chi connectivity index (χ0n) is 6.76. The third-order valence-corrected chi connectivity index (χ3v) is 1.16. The highest BCUT2D eigenvalue weighted by molar-refractivity contribution is 6.34. The average Bonchev–Trinajstić information content (AvgIpc) is 2.01. The summed E-state index contributed by atoms with van der Waals surface area (Å²) in [5.74, 6) is -6.37. The van der Waals surface area contributed by atoms with E-state index in [9.17, 15) is 19.2 Å². The largest absolute Gasteiger partial charge is 0.478 e. The summed E-state index contributed by atoms with van der Waals surface area (Å²) in [6.07, 6.45) is -0.667. The molecule has 3 N–H and O–H groups in total. The van der Waals surface area contributed by atoms with Gasteiger partial charge in [-0.1, -0.05) is 0 Å². The van der Waals surface area contributed by atoms with E-state index >= 15 is 0 Å². The Kier molecular flexibility index (Phi) is 4.01. The molecular formula is C7H6O7. The first-order chi connectivity index (χ1) is 6.34. The van der Waals surface area contributed by atoms with E-state index in [-0.39, 0.29) is 6.08 Å². The molecule has 0 radical (unpaired) electrons. The first kappa shape index (κ1) is 11.8. The minimum atomic E-state index is -1.80. The number of rotatable bonds is 5. The molecular weight excluding hydrogens is 196 g/mol. The predicted octanol–water partition coefficient (Wildman–Crippen LogP) is -0.874. The molecule has 0 aliphatic carbocycles. The molecule has 0 amide bonds. The van der Waals surface area contributed by atoms with Crippen molar-refractivity contribution in [1.29, 1.82) is 0 Å². The minimum absolute atomic E-state index is 0.281. The lowest BCUT2D eigenvalue weighted by molar-refractivity contribution is -0.149. The molecule has 0 saturated carbocycles. The van der Waals surface area contributed by atoms with Gasteiger partial charge >= 0.3 is 17.9 Å². The van der Waals surface area contributed by atoms with Gasteiger partial charge in [0.1, 0.15) is 0 Å². The normalized spacial score (nSPS) is 10.7. The van der Waals surface area contributed by atoms with Crippen LogP contribution in [0.2, 0.25) is 0 Å². The maximum absolute atomic E-state index is 10.5. The van der Waals surface area contributed by atoms with Gasteiger partial charge in [0.05, 0.1) is 12.0 Å². The standard InChI is InChI=1S/C7H6O7/c8-4(7(13)14)1-3(6(11)12)2-5(9)10/h2H,1H2,(H,9,10)(H,11,12)(H,13,14). The zero-order chi connectivity index (χ0) is 11.3. The van der Waals surface area contributed by atoms with Crippen LogP contribution in [0, 0.1) is 0 Å². The Morgan fingerprint density at radius 1 is 0.929 bits per heavy atom. The van der Waals surface area contributed by atoms with E-state index < -0.39 is 35.7 Å². The predicted molar refractivity (Wildman–Crippen MR) is 40.6 cm³/mol. The molecule has 0 aromatic heterocycles. The molecule has 0 aromatic carbocycles. The lowest BCUT2D eigenvalue weighted by atomic mass is 10.1. The maximum Gasteiger partial charge on any atom is 0.372 e. The number of carbonyl (C=O) groups excluding carboxylic acids is 1. The van der Waals surface area contributed by atoms with Gasteiger partial charge in [-0.2, -0.15) is 0 Å². The van der Waals surface area contributed by atoms with Crippen LogP contribution in [0.3, 0.4) is 0 Å². The number of carboxylic acid groups (broad SMARTS) is 3. The molecule has 0 aliphatic heterocycles. The van der Waals surface area contributed by atoms with Crippen molar-refractivity contribution in [2.24, 2.45) is 0 Å². The van der Waals surface area contributed by atoms with Gasteiger partial charge in [0.25, 0.3) is 0 Å². The molecule has 7 heteroatoms. The highest BCUT2D eigenvalue weighted by atomic mass is 16.4. The van der Waals surface area contributed by atoms with E-state index in [0.717, 1.165) is 0 Å². The van der Waals surface area contributed by atoms with Crippen LogP contribution >= 0.6 is 0 Å². The van der Waals surface area contributed by atoms with Crippen molar-refractivity contribution in [2.45, 2.75) is 6.42 Å². The molecule has 0 unspecified atom stereocenters. The summed E-state index contributed by atoms with van der Waals surface area (Å²) in [6, 6.07) is 0. The molecule has 0 rings (SSSR count). The Balaban J connectivity index is 4.72. The van der Waals surface area contributed by atoms with Crippen LogP contribution in [0.4, 0.5) is 0 Å². The summed E-state index contributed by atoms with van der Waals surface area (Å²) in [4.78, 5) is 41.0. The number of ketones is 1. The number of aliphatic carboxylic acids is 3. The molecule has 76 valence electrons. The Bertz CT molecular complexity index is 325. The number of hydrogen-bond acceptors (Lipinski definition) is 4. The lowest BCUT2D eigenvalue weighted by Crippen LogP contribution is -2.16. The number of Topliss-reactive ketones (excluding diaryl/α,β-unsaturated/α-hetero) is 1. The van der Waals surface area contributed by atoms with Crippen molar-refractivity contribution in [3.63, 3.8) is 0 Å². The SMILES string of the molecule is O=C(O)C=C(CC(=O)C(=O)O)C(=O)O. The van der Waals surface area contributed by atoms with Gasteiger partial charge in [-0.3, -0.25) is 4.79 Å². The fourth-order valence-corrected chi connectivity index (χ4v) is 0.586. The topological polar surface area (TPSA) is 129 Å². The van der Waals surface area contributed by atoms with E-state index in [0.29, 0.717) is 0 Å². The quantitative estimate of drug-likeness (QED) is 0.390. The van der Waals surface area contributed by atoms with E-state index in [4.69, 9.17) is 15.3 Å². The summed E-state index contributed by atoms with van der Waals surface area (Å²) in [6.45, 7) is 0. The van der Waals surface area contributed by atoms with Gasteiger partial charge in [-0.05, 0) is 0 Å². The van der Waals surface area contributed by atoms with Crippen LogP contribution in [-0.2, 0) is 19.2 Å². The van der Waals surface area contributed by atoms with Gasteiger partial charge in [-0.15, -0.1) is 0 Å². The van der Waals surface area contributed by atoms with Crippen molar-refractivity contribution in [3.05, 3.63) is 11.6 Å². The fourth-order valence-electron chi connectivity index (χ4n) is 0.586. The van der Waals surface area contributed by atoms with Crippen LogP contribution in [0.5, 0.6) is 0 Å². The monoisotopic (exact) mass is 202 g/mol. The van der Waals surface area contributed by atoms with E-state index in [1.807, 2.05) is 0 Å². The molecule has 0 saturated heterocycles. The van der Waals surface area contributed by atoms with Gasteiger partial charge in [0.2, 0.25) is 5.78 Å². The smallest absolute Gasteiger partial charge is 0.372 e. The first-order valence-corrected chi connectivity index (χ1v) is 3.27. The Morgan fingerprint density at radius 3 is 1.71 bits per heavy atom. The first-order valence-electron chi connectivity index (χ1n) is 3.27. The number of hydrogen-bond donors (Lipinski definition) is 3. The molecule has 0 aromatic rings. The maximum atomic E-state index is 10.5. The highest BCUT2D eigenvalue weighted by Gasteiger charge is 2.19. The van der Waals surface area contributed by atoms with Crippen LogP contribution in [0.15, 0.2) is 11.6 Å². The molecule has 14 heavy (non-hydrogen) atoms. The van der Waals surface area contributed by atoms with Crippen LogP contribution in [-0.4, -0.2) is 39.0 Å².